The molecule has 0 aromatic rings. The van der Waals surface area contributed by atoms with Gasteiger partial charge in [0.05, 0.1) is 24.6 Å². The van der Waals surface area contributed by atoms with E-state index < -0.39 is 0 Å². The molecule has 1 N–H and O–H groups in total. The summed E-state index contributed by atoms with van der Waals surface area (Å²) in [5.41, 5.74) is -0.318. The molecule has 18 heavy (non-hydrogen) atoms. The van der Waals surface area contributed by atoms with Gasteiger partial charge in [0, 0.05) is 6.42 Å². The van der Waals surface area contributed by atoms with Crippen LogP contribution in [-0.2, 0) is 9.47 Å². The second-order valence-electron chi connectivity index (χ2n) is 5.75. The molecule has 0 aromatic carbocycles. The number of hydrogen-bond acceptors (Lipinski definition) is 3. The van der Waals surface area contributed by atoms with Gasteiger partial charge in [-0.25, -0.2) is 0 Å². The summed E-state index contributed by atoms with van der Waals surface area (Å²) in [6.45, 7) is 0.127. The van der Waals surface area contributed by atoms with Gasteiger partial charge >= 0.3 is 0 Å². The summed E-state index contributed by atoms with van der Waals surface area (Å²) in [6, 6.07) is 0. The zero-order valence-corrected chi connectivity index (χ0v) is 10.8. The lowest BCUT2D eigenvalue weighted by Gasteiger charge is -2.31. The smallest absolute Gasteiger partial charge is 0.131 e. The maximum absolute atomic E-state index is 9.57. The second kappa shape index (κ2) is 5.06. The molecule has 0 aromatic heterocycles. The van der Waals surface area contributed by atoms with Crippen LogP contribution in [0.15, 0.2) is 24.0 Å². The van der Waals surface area contributed by atoms with Crippen LogP contribution in [-0.4, -0.2) is 29.5 Å². The molecule has 2 saturated carbocycles. The fraction of sp³-hybridized carbons (Fsp3) is 0.733. The molecule has 3 nitrogen and oxygen atoms in total. The fourth-order valence-electron chi connectivity index (χ4n) is 2.83. The van der Waals surface area contributed by atoms with E-state index in [1.165, 1.54) is 12.8 Å². The molecule has 100 valence electrons. The Kier molecular flexibility index (Phi) is 3.44. The Hall–Kier alpha value is -0.800. The zero-order chi connectivity index (χ0) is 12.4. The third-order valence-corrected chi connectivity index (χ3v) is 4.05. The standard InChI is InChI=1S/C15H22O3/c16-11-15(8-1-2-9-15)18-14-5-3-4-13(10-14)17-12-6-7-12/h3-5,12-13,16H,1-2,6-11H2. The largest absolute Gasteiger partial charge is 0.489 e. The van der Waals surface area contributed by atoms with Crippen LogP contribution in [0.3, 0.4) is 0 Å². The molecule has 3 rings (SSSR count). The second-order valence-corrected chi connectivity index (χ2v) is 5.75. The minimum Gasteiger partial charge on any atom is -0.489 e. The Labute approximate surface area is 108 Å². The molecule has 3 aliphatic carbocycles. The molecule has 2 fully saturated rings. The maximum Gasteiger partial charge on any atom is 0.131 e. The first kappa shape index (κ1) is 12.2. The third-order valence-electron chi connectivity index (χ3n) is 4.05. The van der Waals surface area contributed by atoms with Crippen LogP contribution in [0.25, 0.3) is 0 Å². The van der Waals surface area contributed by atoms with E-state index in [4.69, 9.17) is 9.47 Å². The monoisotopic (exact) mass is 250 g/mol. The van der Waals surface area contributed by atoms with Crippen molar-refractivity contribution in [2.45, 2.75) is 62.8 Å². The van der Waals surface area contributed by atoms with E-state index in [1.807, 2.05) is 12.2 Å². The Morgan fingerprint density at radius 2 is 2.06 bits per heavy atom. The van der Waals surface area contributed by atoms with E-state index >= 15 is 0 Å². The van der Waals surface area contributed by atoms with Crippen molar-refractivity contribution >= 4 is 0 Å². The quantitative estimate of drug-likeness (QED) is 0.815. The Morgan fingerprint density at radius 3 is 2.72 bits per heavy atom. The van der Waals surface area contributed by atoms with Gasteiger partial charge in [-0.3, -0.25) is 0 Å². The topological polar surface area (TPSA) is 38.7 Å². The number of allylic oxidation sites excluding steroid dienone is 2. The van der Waals surface area contributed by atoms with Crippen LogP contribution >= 0.6 is 0 Å². The first-order valence-corrected chi connectivity index (χ1v) is 7.12. The number of ether oxygens (including phenoxy) is 2. The summed E-state index contributed by atoms with van der Waals surface area (Å²) < 4.78 is 12.0. The molecule has 0 bridgehead atoms. The van der Waals surface area contributed by atoms with Gasteiger partial charge in [-0.05, 0) is 44.6 Å². The van der Waals surface area contributed by atoms with E-state index in [1.54, 1.807) is 0 Å². The Balaban J connectivity index is 1.58. The average molecular weight is 250 g/mol. The molecule has 0 aliphatic heterocycles. The third kappa shape index (κ3) is 2.78. The van der Waals surface area contributed by atoms with E-state index in [-0.39, 0.29) is 18.3 Å². The molecule has 1 atom stereocenters. The minimum atomic E-state index is -0.318. The lowest BCUT2D eigenvalue weighted by molar-refractivity contribution is -0.0481. The van der Waals surface area contributed by atoms with Crippen molar-refractivity contribution in [1.29, 1.82) is 0 Å². The van der Waals surface area contributed by atoms with Gasteiger partial charge in [-0.15, -0.1) is 0 Å². The van der Waals surface area contributed by atoms with Gasteiger partial charge in [0.15, 0.2) is 0 Å². The summed E-state index contributed by atoms with van der Waals surface area (Å²) in [4.78, 5) is 0. The highest BCUT2D eigenvalue weighted by Gasteiger charge is 2.36. The molecule has 0 saturated heterocycles. The van der Waals surface area contributed by atoms with Crippen LogP contribution in [0, 0.1) is 0 Å². The van der Waals surface area contributed by atoms with Gasteiger partial charge in [-0.2, -0.15) is 0 Å². The summed E-state index contributed by atoms with van der Waals surface area (Å²) in [5, 5.41) is 9.57. The fourth-order valence-corrected chi connectivity index (χ4v) is 2.83. The maximum atomic E-state index is 9.57. The number of aliphatic hydroxyl groups excluding tert-OH is 1. The van der Waals surface area contributed by atoms with Crippen molar-refractivity contribution in [3.8, 4) is 0 Å². The van der Waals surface area contributed by atoms with Crippen molar-refractivity contribution in [3.63, 3.8) is 0 Å². The van der Waals surface area contributed by atoms with Crippen molar-refractivity contribution in [2.24, 2.45) is 0 Å². The van der Waals surface area contributed by atoms with Crippen LogP contribution in [0.2, 0.25) is 0 Å². The van der Waals surface area contributed by atoms with Crippen molar-refractivity contribution in [1.82, 2.24) is 0 Å². The first-order valence-electron chi connectivity index (χ1n) is 7.12. The van der Waals surface area contributed by atoms with E-state index in [0.29, 0.717) is 6.10 Å². The molecule has 1 unspecified atom stereocenters. The van der Waals surface area contributed by atoms with E-state index in [9.17, 15) is 5.11 Å². The Morgan fingerprint density at radius 1 is 1.28 bits per heavy atom. The minimum absolute atomic E-state index is 0.127. The van der Waals surface area contributed by atoms with Gasteiger partial charge in [0.2, 0.25) is 0 Å². The normalized spacial score (nSPS) is 30.3. The molecule has 0 amide bonds. The molecule has 0 spiro atoms. The summed E-state index contributed by atoms with van der Waals surface area (Å²) >= 11 is 0. The molecule has 0 radical (unpaired) electrons. The lowest BCUT2D eigenvalue weighted by atomic mass is 10.0. The van der Waals surface area contributed by atoms with Crippen LogP contribution in [0.1, 0.15) is 44.9 Å². The van der Waals surface area contributed by atoms with Crippen molar-refractivity contribution in [3.05, 3.63) is 24.0 Å². The summed E-state index contributed by atoms with van der Waals surface area (Å²) in [6.07, 6.45) is 14.2. The number of hydrogen-bond donors (Lipinski definition) is 1. The van der Waals surface area contributed by atoms with Crippen molar-refractivity contribution < 1.29 is 14.6 Å². The number of aliphatic hydroxyl groups is 1. The van der Waals surface area contributed by atoms with Gasteiger partial charge in [0.25, 0.3) is 0 Å². The predicted molar refractivity (Wildman–Crippen MR) is 69.1 cm³/mol. The van der Waals surface area contributed by atoms with Crippen LogP contribution < -0.4 is 0 Å². The summed E-state index contributed by atoms with van der Waals surface area (Å²) in [5.74, 6) is 0.971. The van der Waals surface area contributed by atoms with Gasteiger partial charge < -0.3 is 14.6 Å². The van der Waals surface area contributed by atoms with Gasteiger partial charge in [-0.1, -0.05) is 12.2 Å². The molecule has 3 aliphatic rings. The number of rotatable bonds is 5. The lowest BCUT2D eigenvalue weighted by Crippen LogP contribution is -2.34. The first-order chi connectivity index (χ1) is 8.80. The molecular weight excluding hydrogens is 228 g/mol. The Bertz CT molecular complexity index is 349. The molecule has 0 heterocycles. The SMILES string of the molecule is OCC1(OC2=CC=CC(OC3CC3)C2)CCCC1. The molecule has 3 heteroatoms. The van der Waals surface area contributed by atoms with Crippen LogP contribution in [0.5, 0.6) is 0 Å². The highest BCUT2D eigenvalue weighted by Crippen LogP contribution is 2.37. The van der Waals surface area contributed by atoms with E-state index in [0.717, 1.165) is 37.9 Å². The van der Waals surface area contributed by atoms with Gasteiger partial charge in [0.1, 0.15) is 5.60 Å². The van der Waals surface area contributed by atoms with Crippen molar-refractivity contribution in [2.75, 3.05) is 6.61 Å². The molecular formula is C15H22O3. The highest BCUT2D eigenvalue weighted by atomic mass is 16.5. The predicted octanol–water partition coefficient (Wildman–Crippen LogP) is 2.70. The average Bonchev–Trinajstić information content (AvgIpc) is 3.07. The summed E-state index contributed by atoms with van der Waals surface area (Å²) in [7, 11) is 0. The van der Waals surface area contributed by atoms with E-state index in [2.05, 4.69) is 6.08 Å². The van der Waals surface area contributed by atoms with Crippen LogP contribution in [0.4, 0.5) is 0 Å². The highest BCUT2D eigenvalue weighted by molar-refractivity contribution is 5.18. The zero-order valence-electron chi connectivity index (χ0n) is 10.8.